The monoisotopic (exact) mass is 135 g/mol. The fourth-order valence-corrected chi connectivity index (χ4v) is 0. The molecular formula is C4H9NO4. The first kappa shape index (κ1) is 10.7. The fourth-order valence-electron chi connectivity index (χ4n) is 0. The highest BCUT2D eigenvalue weighted by Crippen LogP contribution is 1.52. The number of rotatable bonds is 1. The zero-order valence-corrected chi connectivity index (χ0v) is 5.24. The van der Waals surface area contributed by atoms with Crippen molar-refractivity contribution in [3.8, 4) is 0 Å². The largest absolute Gasteiger partial charge is 0.503 e. The zero-order valence-electron chi connectivity index (χ0n) is 5.24. The molecule has 0 heterocycles. The summed E-state index contributed by atoms with van der Waals surface area (Å²) in [4.78, 5) is 19.4. The molecule has 0 rings (SSSR count). The molecule has 0 aromatic carbocycles. The molecule has 54 valence electrons. The van der Waals surface area contributed by atoms with Crippen LogP contribution in [0.3, 0.4) is 0 Å². The smallest absolute Gasteiger partial charge is 0.450 e. The second-order valence-electron chi connectivity index (χ2n) is 1.35. The van der Waals surface area contributed by atoms with Crippen molar-refractivity contribution >= 4 is 12.6 Å². The lowest BCUT2D eigenvalue weighted by Crippen LogP contribution is -2.06. The molecule has 5 nitrogen and oxygen atoms in total. The molecule has 0 spiro atoms. The van der Waals surface area contributed by atoms with E-state index >= 15 is 0 Å². The van der Waals surface area contributed by atoms with Crippen LogP contribution in [0.25, 0.3) is 0 Å². The van der Waals surface area contributed by atoms with E-state index in [4.69, 9.17) is 15.0 Å². The first-order valence-corrected chi connectivity index (χ1v) is 2.04. The molecule has 0 bridgehead atoms. The van der Waals surface area contributed by atoms with E-state index in [9.17, 15) is 4.79 Å². The first-order chi connectivity index (χ1) is 4.00. The molecule has 0 aromatic rings. The third-order valence-corrected chi connectivity index (χ3v) is 0.211. The Balaban J connectivity index is 0. The zero-order chi connectivity index (χ0) is 7.86. The van der Waals surface area contributed by atoms with Gasteiger partial charge in [0.05, 0.1) is 0 Å². The lowest BCUT2D eigenvalue weighted by Gasteiger charge is -1.93. The Morgan fingerprint density at radius 2 is 1.56 bits per heavy atom. The average Bonchev–Trinajstić information content (AvgIpc) is 1.65. The van der Waals surface area contributed by atoms with Gasteiger partial charge in [0.1, 0.15) is 0 Å². The van der Waals surface area contributed by atoms with E-state index < -0.39 is 6.16 Å². The second kappa shape index (κ2) is 6.74. The van der Waals surface area contributed by atoms with Crippen LogP contribution in [-0.4, -0.2) is 41.8 Å². The molecule has 9 heavy (non-hydrogen) atoms. The summed E-state index contributed by atoms with van der Waals surface area (Å²) in [7, 11) is 3.38. The minimum Gasteiger partial charge on any atom is -0.450 e. The van der Waals surface area contributed by atoms with Crippen LogP contribution in [0.4, 0.5) is 4.79 Å². The fraction of sp³-hybridized carbons (Fsp3) is 0.500. The highest BCUT2D eigenvalue weighted by atomic mass is 16.6. The standard InChI is InChI=1S/C3H7NO.CH2O3/c1-4(2)3-5;2-1(3)4/h3H,1-2H3;(H2,2,3,4). The number of hydrogen-bond donors (Lipinski definition) is 2. The molecule has 0 saturated carbocycles. The third kappa shape index (κ3) is 277. The van der Waals surface area contributed by atoms with Gasteiger partial charge in [-0.25, -0.2) is 4.79 Å². The number of hydrogen-bond acceptors (Lipinski definition) is 2. The number of carboxylic acid groups (broad SMARTS) is 2. The summed E-state index contributed by atoms with van der Waals surface area (Å²) in [5.41, 5.74) is 0. The second-order valence-corrected chi connectivity index (χ2v) is 1.35. The van der Waals surface area contributed by atoms with Gasteiger partial charge in [-0.1, -0.05) is 0 Å². The lowest BCUT2D eigenvalue weighted by molar-refractivity contribution is -0.115. The predicted octanol–water partition coefficient (Wildman–Crippen LogP) is -0.0732. The van der Waals surface area contributed by atoms with E-state index in [1.807, 2.05) is 0 Å². The van der Waals surface area contributed by atoms with Crippen LogP contribution in [0.15, 0.2) is 0 Å². The van der Waals surface area contributed by atoms with Gasteiger partial charge in [-0.15, -0.1) is 0 Å². The number of carbonyl (C=O) groups is 2. The number of carbonyl (C=O) groups excluding carboxylic acids is 1. The predicted molar refractivity (Wildman–Crippen MR) is 30.4 cm³/mol. The molecule has 0 aliphatic rings. The lowest BCUT2D eigenvalue weighted by atomic mass is 11.0. The van der Waals surface area contributed by atoms with Crippen LogP contribution in [0, 0.1) is 0 Å². The maximum atomic E-state index is 9.43. The van der Waals surface area contributed by atoms with E-state index in [0.717, 1.165) is 6.41 Å². The Kier molecular flexibility index (Phi) is 7.99. The molecule has 0 aromatic heterocycles. The summed E-state index contributed by atoms with van der Waals surface area (Å²) in [6, 6.07) is 0. The average molecular weight is 135 g/mol. The molecule has 0 unspecified atom stereocenters. The van der Waals surface area contributed by atoms with Gasteiger partial charge in [0.15, 0.2) is 0 Å². The van der Waals surface area contributed by atoms with Gasteiger partial charge in [-0.3, -0.25) is 4.79 Å². The summed E-state index contributed by atoms with van der Waals surface area (Å²) < 4.78 is 0. The van der Waals surface area contributed by atoms with Crippen molar-refractivity contribution in [1.82, 2.24) is 4.90 Å². The highest BCUT2D eigenvalue weighted by molar-refractivity contribution is 5.53. The van der Waals surface area contributed by atoms with Crippen LogP contribution in [0.2, 0.25) is 0 Å². The molecule has 0 atom stereocenters. The van der Waals surface area contributed by atoms with Crippen molar-refractivity contribution in [2.75, 3.05) is 14.1 Å². The van der Waals surface area contributed by atoms with Crippen molar-refractivity contribution in [3.05, 3.63) is 0 Å². The minimum absolute atomic E-state index is 0.750. The molecule has 5 heteroatoms. The summed E-state index contributed by atoms with van der Waals surface area (Å²) in [6.07, 6.45) is -1.08. The highest BCUT2D eigenvalue weighted by Gasteiger charge is 1.70. The van der Waals surface area contributed by atoms with Crippen molar-refractivity contribution in [3.63, 3.8) is 0 Å². The van der Waals surface area contributed by atoms with Gasteiger partial charge in [-0.05, 0) is 0 Å². The Bertz CT molecular complexity index is 86.6. The summed E-state index contributed by atoms with van der Waals surface area (Å²) in [6.45, 7) is 0. The summed E-state index contributed by atoms with van der Waals surface area (Å²) >= 11 is 0. The summed E-state index contributed by atoms with van der Waals surface area (Å²) in [5.74, 6) is 0. The molecular weight excluding hydrogens is 126 g/mol. The molecule has 0 aliphatic carbocycles. The van der Waals surface area contributed by atoms with Crippen molar-refractivity contribution in [2.24, 2.45) is 0 Å². The van der Waals surface area contributed by atoms with E-state index in [-0.39, 0.29) is 0 Å². The van der Waals surface area contributed by atoms with Crippen LogP contribution < -0.4 is 0 Å². The van der Waals surface area contributed by atoms with Crippen molar-refractivity contribution in [1.29, 1.82) is 0 Å². The van der Waals surface area contributed by atoms with Gasteiger partial charge >= 0.3 is 6.16 Å². The van der Waals surface area contributed by atoms with E-state index in [2.05, 4.69) is 0 Å². The van der Waals surface area contributed by atoms with Crippen molar-refractivity contribution in [2.45, 2.75) is 0 Å². The summed E-state index contributed by atoms with van der Waals surface area (Å²) in [5, 5.41) is 13.9. The Morgan fingerprint density at radius 1 is 1.44 bits per heavy atom. The number of amides is 1. The van der Waals surface area contributed by atoms with E-state index in [1.54, 1.807) is 14.1 Å². The maximum absolute atomic E-state index is 9.43. The molecule has 2 N–H and O–H groups in total. The molecule has 0 aliphatic heterocycles. The van der Waals surface area contributed by atoms with Crippen molar-refractivity contribution < 1.29 is 19.8 Å². The van der Waals surface area contributed by atoms with Gasteiger partial charge in [0.2, 0.25) is 6.41 Å². The quantitative estimate of drug-likeness (QED) is 0.493. The topological polar surface area (TPSA) is 77.8 Å². The van der Waals surface area contributed by atoms with Crippen LogP contribution >= 0.6 is 0 Å². The number of nitrogens with zero attached hydrogens (tertiary/aromatic N) is 1. The maximum Gasteiger partial charge on any atom is 0.503 e. The SMILES string of the molecule is CN(C)C=O.O=C(O)O. The molecule has 0 saturated heterocycles. The van der Waals surface area contributed by atoms with Crippen LogP contribution in [0.5, 0.6) is 0 Å². The minimum atomic E-state index is -1.83. The normalized spacial score (nSPS) is 6.44. The van der Waals surface area contributed by atoms with Gasteiger partial charge < -0.3 is 15.1 Å². The van der Waals surface area contributed by atoms with E-state index in [1.165, 1.54) is 4.90 Å². The Morgan fingerprint density at radius 3 is 1.56 bits per heavy atom. The first-order valence-electron chi connectivity index (χ1n) is 2.04. The molecule has 1 amide bonds. The van der Waals surface area contributed by atoms with E-state index in [0.29, 0.717) is 0 Å². The van der Waals surface area contributed by atoms with Gasteiger partial charge in [-0.2, -0.15) is 0 Å². The Labute approximate surface area is 52.5 Å². The third-order valence-electron chi connectivity index (χ3n) is 0.211. The van der Waals surface area contributed by atoms with Gasteiger partial charge in [0, 0.05) is 14.1 Å². The molecule has 0 radical (unpaired) electrons. The molecule has 0 fully saturated rings. The Hall–Kier alpha value is -1.26. The van der Waals surface area contributed by atoms with Gasteiger partial charge in [0.25, 0.3) is 0 Å². The van der Waals surface area contributed by atoms with Crippen LogP contribution in [-0.2, 0) is 4.79 Å². The van der Waals surface area contributed by atoms with Crippen LogP contribution in [0.1, 0.15) is 0 Å².